The minimum Gasteiger partial charge on any atom is -0.436 e. The van der Waals surface area contributed by atoms with Crippen molar-refractivity contribution in [2.24, 2.45) is 4.99 Å². The second-order valence-corrected chi connectivity index (χ2v) is 16.0. The molecule has 4 aliphatic carbocycles. The fraction of sp³-hybridized carbons (Fsp3) is 0.714. The maximum absolute atomic E-state index is 14.1. The van der Waals surface area contributed by atoms with E-state index in [9.17, 15) is 9.13 Å². The Morgan fingerprint density at radius 2 is 1.62 bits per heavy atom. The molecule has 5 rings (SSSR count). The van der Waals surface area contributed by atoms with Gasteiger partial charge in [0.25, 0.3) is 0 Å². The maximum Gasteiger partial charge on any atom is 0.214 e. The molecule has 0 aliphatic heterocycles. The molecule has 1 aromatic rings. The molecule has 158 valence electrons. The van der Waals surface area contributed by atoms with Crippen LogP contribution in [0.4, 0.5) is 0 Å². The summed E-state index contributed by atoms with van der Waals surface area (Å²) in [5.41, 5.74) is 3.43. The van der Waals surface area contributed by atoms with Gasteiger partial charge in [-0.1, -0.05) is 0 Å². The zero-order valence-electron chi connectivity index (χ0n) is 17.4. The Morgan fingerprint density at radius 3 is 2.07 bits per heavy atom. The highest BCUT2D eigenvalue weighted by molar-refractivity contribution is 7.73. The van der Waals surface area contributed by atoms with E-state index in [2.05, 4.69) is 16.7 Å². The number of rotatable bonds is 10. The molecule has 0 bridgehead atoms. The molecule has 8 heteroatoms. The lowest BCUT2D eigenvalue weighted by atomic mass is 10.5. The minimum atomic E-state index is -2.51. The molecule has 0 atom stereocenters. The van der Waals surface area contributed by atoms with Gasteiger partial charge in [-0.2, -0.15) is 0 Å². The first-order chi connectivity index (χ1) is 13.9. The van der Waals surface area contributed by atoms with E-state index in [1.54, 1.807) is 6.20 Å². The Bertz CT molecular complexity index is 920. The number of oxazole rings is 1. The highest BCUT2D eigenvalue weighted by atomic mass is 31.2. The molecule has 0 aromatic carbocycles. The van der Waals surface area contributed by atoms with Gasteiger partial charge in [-0.25, -0.2) is 4.98 Å². The van der Waals surface area contributed by atoms with Crippen LogP contribution in [0.2, 0.25) is 0 Å². The quantitative estimate of drug-likeness (QED) is 0.382. The van der Waals surface area contributed by atoms with Crippen LogP contribution in [0.15, 0.2) is 26.7 Å². The van der Waals surface area contributed by atoms with Crippen LogP contribution in [0, 0.1) is 0 Å². The molecular weight excluding hydrogens is 404 g/mol. The van der Waals surface area contributed by atoms with E-state index in [0.717, 1.165) is 62.5 Å². The average Bonchev–Trinajstić information content (AvgIpc) is 3.58. The fourth-order valence-corrected chi connectivity index (χ4v) is 12.8. The number of hydrogen-bond donors (Lipinski definition) is 0. The Labute approximate surface area is 173 Å². The van der Waals surface area contributed by atoms with Crippen molar-refractivity contribution in [3.63, 3.8) is 0 Å². The summed E-state index contributed by atoms with van der Waals surface area (Å²) >= 11 is 0. The Kier molecular flexibility index (Phi) is 4.75. The molecule has 1 aromatic heterocycles. The molecule has 29 heavy (non-hydrogen) atoms. The second kappa shape index (κ2) is 6.95. The van der Waals surface area contributed by atoms with Gasteiger partial charge in [0.2, 0.25) is 5.89 Å². The third-order valence-corrected chi connectivity index (χ3v) is 15.5. The van der Waals surface area contributed by atoms with Crippen LogP contribution in [-0.4, -0.2) is 46.3 Å². The summed E-state index contributed by atoms with van der Waals surface area (Å²) < 4.78 is 33.9. The largest absolute Gasteiger partial charge is 0.436 e. The molecule has 0 amide bonds. The van der Waals surface area contributed by atoms with E-state index in [-0.39, 0.29) is 0 Å². The van der Waals surface area contributed by atoms with Crippen LogP contribution in [-0.2, 0) is 15.7 Å². The van der Waals surface area contributed by atoms with E-state index in [0.29, 0.717) is 40.6 Å². The molecular formula is C21H31N3O3P2. The highest BCUT2D eigenvalue weighted by Gasteiger charge is 2.55. The molecule has 0 N–H and O–H groups in total. The topological polar surface area (TPSA) is 75.8 Å². The van der Waals surface area contributed by atoms with Crippen LogP contribution in [0.1, 0.15) is 64.2 Å². The molecule has 6 nitrogen and oxygen atoms in total. The molecule has 0 saturated heterocycles. The molecule has 4 fully saturated rings. The summed E-state index contributed by atoms with van der Waals surface area (Å²) in [7, 11) is -3.01. The minimum absolute atomic E-state index is 0.300. The van der Waals surface area contributed by atoms with E-state index < -0.39 is 14.3 Å². The molecule has 0 unspecified atom stereocenters. The molecule has 0 spiro atoms. The lowest BCUT2D eigenvalue weighted by Gasteiger charge is -2.30. The van der Waals surface area contributed by atoms with Crippen LogP contribution in [0.3, 0.4) is 0 Å². The van der Waals surface area contributed by atoms with Gasteiger partial charge in [-0.15, -0.1) is 0 Å². The van der Waals surface area contributed by atoms with Crippen molar-refractivity contribution in [3.05, 3.63) is 23.2 Å². The predicted octanol–water partition coefficient (Wildman–Crippen LogP) is 5.00. The van der Waals surface area contributed by atoms with Crippen LogP contribution < -0.4 is 5.50 Å². The van der Waals surface area contributed by atoms with Crippen molar-refractivity contribution in [1.29, 1.82) is 0 Å². The lowest BCUT2D eigenvalue weighted by Crippen LogP contribution is -2.21. The van der Waals surface area contributed by atoms with Crippen molar-refractivity contribution < 1.29 is 13.5 Å². The summed E-state index contributed by atoms with van der Waals surface area (Å²) in [6.07, 6.45) is 10.1. The Balaban J connectivity index is 1.41. The molecule has 4 saturated carbocycles. The van der Waals surface area contributed by atoms with Crippen molar-refractivity contribution in [1.82, 2.24) is 9.88 Å². The van der Waals surface area contributed by atoms with E-state index in [1.165, 1.54) is 0 Å². The number of hydrogen-bond acceptors (Lipinski definition) is 6. The van der Waals surface area contributed by atoms with Crippen molar-refractivity contribution >= 4 is 26.5 Å². The number of aromatic nitrogens is 1. The van der Waals surface area contributed by atoms with Gasteiger partial charge >= 0.3 is 0 Å². The zero-order valence-corrected chi connectivity index (χ0v) is 19.2. The summed E-state index contributed by atoms with van der Waals surface area (Å²) in [5, 5.41) is 0. The first kappa shape index (κ1) is 19.8. The van der Waals surface area contributed by atoms with Gasteiger partial charge in [0, 0.05) is 29.7 Å². The Morgan fingerprint density at radius 1 is 1.10 bits per heavy atom. The summed E-state index contributed by atoms with van der Waals surface area (Å²) in [5.74, 6) is 0.552. The van der Waals surface area contributed by atoms with Gasteiger partial charge in [0.1, 0.15) is 7.14 Å². The van der Waals surface area contributed by atoms with E-state index >= 15 is 0 Å². The van der Waals surface area contributed by atoms with Gasteiger partial charge < -0.3 is 18.4 Å². The lowest BCUT2D eigenvalue weighted by molar-refractivity contribution is 0.363. The third kappa shape index (κ3) is 3.41. The van der Waals surface area contributed by atoms with Crippen molar-refractivity contribution in [2.75, 3.05) is 7.05 Å². The van der Waals surface area contributed by atoms with Gasteiger partial charge in [-0.05, 0) is 65.0 Å². The van der Waals surface area contributed by atoms with Crippen molar-refractivity contribution in [2.45, 2.75) is 87.5 Å². The molecule has 1 heterocycles. The van der Waals surface area contributed by atoms with Gasteiger partial charge in [-0.3, -0.25) is 4.99 Å². The predicted molar refractivity (Wildman–Crippen MR) is 117 cm³/mol. The number of aliphatic imine (C=N–C) groups is 1. The number of allylic oxidation sites excluding steroid dienone is 1. The maximum atomic E-state index is 14.1. The SMILES string of the molecule is C=N/C(C)=C(\N(C)Cc1ncc(P(=O)(C2CC2)C2CC2)o1)P(=O)(C1CC1)C1CC1. The third-order valence-electron chi connectivity index (χ3n) is 6.87. The first-order valence-corrected chi connectivity index (χ1v) is 14.6. The standard InChI is InChI=1S/C21H31N3O3P2/c1-14(22-2)21(29(26,17-8-9-17)18-10-11-18)24(3)13-19-23-12-20(27-19)28(25,15-4-5-15)16-6-7-16/h12,15-18H,2,4-11,13H2,1,3H3/b21-14+. The average molecular weight is 435 g/mol. The second-order valence-electron chi connectivity index (χ2n) is 9.36. The first-order valence-electron chi connectivity index (χ1n) is 10.9. The van der Waals surface area contributed by atoms with E-state index in [1.807, 2.05) is 18.9 Å². The van der Waals surface area contributed by atoms with Crippen molar-refractivity contribution in [3.8, 4) is 0 Å². The number of nitrogens with zero attached hydrogens (tertiary/aromatic N) is 3. The van der Waals surface area contributed by atoms with Crippen LogP contribution in [0.5, 0.6) is 0 Å². The fourth-order valence-electron chi connectivity index (χ4n) is 4.81. The monoisotopic (exact) mass is 435 g/mol. The zero-order chi connectivity index (χ0) is 20.4. The summed E-state index contributed by atoms with van der Waals surface area (Å²) in [6.45, 7) is 6.03. The summed E-state index contributed by atoms with van der Waals surface area (Å²) in [6, 6.07) is 0. The van der Waals surface area contributed by atoms with E-state index in [4.69, 9.17) is 4.42 Å². The van der Waals surface area contributed by atoms with Crippen LogP contribution in [0.25, 0.3) is 0 Å². The molecule has 4 aliphatic rings. The Hall–Kier alpha value is -1.12. The van der Waals surface area contributed by atoms with Gasteiger partial charge in [0.15, 0.2) is 12.6 Å². The summed E-state index contributed by atoms with van der Waals surface area (Å²) in [4.78, 5) is 10.6. The normalized spacial score (nSPS) is 23.7. The van der Waals surface area contributed by atoms with Gasteiger partial charge in [0.05, 0.1) is 23.9 Å². The van der Waals surface area contributed by atoms with Crippen LogP contribution >= 0.6 is 14.3 Å². The smallest absolute Gasteiger partial charge is 0.214 e. The molecule has 0 radical (unpaired) electrons. The highest BCUT2D eigenvalue weighted by Crippen LogP contribution is 2.75.